The first-order valence-electron chi connectivity index (χ1n) is 9.74. The summed E-state index contributed by atoms with van der Waals surface area (Å²) in [4.78, 5) is 28.6. The van der Waals surface area contributed by atoms with Crippen LogP contribution in [0.5, 0.6) is 0 Å². The highest BCUT2D eigenvalue weighted by Crippen LogP contribution is 2.34. The largest absolute Gasteiger partial charge is 0.347 e. The summed E-state index contributed by atoms with van der Waals surface area (Å²) in [5.41, 5.74) is 0.885. The van der Waals surface area contributed by atoms with Crippen LogP contribution in [0.3, 0.4) is 0 Å². The van der Waals surface area contributed by atoms with E-state index in [1.54, 1.807) is 10.6 Å². The number of piperidine rings is 1. The van der Waals surface area contributed by atoms with Crippen LogP contribution in [0.4, 0.5) is 0 Å². The molecular weight excluding hydrogens is 376 g/mol. The van der Waals surface area contributed by atoms with Crippen molar-refractivity contribution in [1.82, 2.24) is 9.47 Å². The van der Waals surface area contributed by atoms with E-state index < -0.39 is 5.79 Å². The summed E-state index contributed by atoms with van der Waals surface area (Å²) in [6.07, 6.45) is 1.38. The SMILES string of the molecule is CCn1c(=O)c2cc(C(=O)N3CCC4(CC3)OCCO4)sc2c2ccccc21. The van der Waals surface area contributed by atoms with Crippen LogP contribution < -0.4 is 5.56 Å². The highest BCUT2D eigenvalue weighted by Gasteiger charge is 2.41. The minimum absolute atomic E-state index is 0.0134. The van der Waals surface area contributed by atoms with Crippen LogP contribution in [-0.2, 0) is 16.0 Å². The van der Waals surface area contributed by atoms with E-state index in [9.17, 15) is 9.59 Å². The van der Waals surface area contributed by atoms with Gasteiger partial charge in [-0.05, 0) is 19.1 Å². The Morgan fingerprint density at radius 2 is 1.86 bits per heavy atom. The third kappa shape index (κ3) is 2.69. The molecule has 0 aliphatic carbocycles. The second-order valence-electron chi connectivity index (χ2n) is 7.32. The fraction of sp³-hybridized carbons (Fsp3) is 0.429. The van der Waals surface area contributed by atoms with Crippen molar-refractivity contribution in [3.8, 4) is 0 Å². The number of rotatable bonds is 2. The number of para-hydroxylation sites is 1. The van der Waals surface area contributed by atoms with Crippen LogP contribution in [0.1, 0.15) is 29.4 Å². The smallest absolute Gasteiger partial charge is 0.263 e. The number of fused-ring (bicyclic) bond motifs is 3. The van der Waals surface area contributed by atoms with Crippen LogP contribution in [0, 0.1) is 0 Å². The number of aromatic nitrogens is 1. The molecule has 4 heterocycles. The summed E-state index contributed by atoms with van der Waals surface area (Å²) < 4.78 is 14.2. The molecule has 6 nitrogen and oxygen atoms in total. The molecule has 2 aliphatic heterocycles. The number of hydrogen-bond acceptors (Lipinski definition) is 5. The number of aryl methyl sites for hydroxylation is 1. The third-order valence-corrected chi connectivity index (χ3v) is 6.96. The average Bonchev–Trinajstić information content (AvgIpc) is 3.37. The molecule has 3 aromatic rings. The summed E-state index contributed by atoms with van der Waals surface area (Å²) in [7, 11) is 0. The first-order chi connectivity index (χ1) is 13.6. The first kappa shape index (κ1) is 17.8. The molecule has 0 radical (unpaired) electrons. The van der Waals surface area contributed by atoms with Crippen LogP contribution >= 0.6 is 11.3 Å². The van der Waals surface area contributed by atoms with Gasteiger partial charge in [-0.2, -0.15) is 0 Å². The molecule has 5 rings (SSSR count). The lowest BCUT2D eigenvalue weighted by molar-refractivity contribution is -0.181. The molecule has 0 unspecified atom stereocenters. The number of amides is 1. The van der Waals surface area contributed by atoms with Crippen LogP contribution in [-0.4, -0.2) is 47.5 Å². The van der Waals surface area contributed by atoms with Gasteiger partial charge < -0.3 is 18.9 Å². The Hall–Kier alpha value is -2.22. The molecule has 1 spiro atoms. The van der Waals surface area contributed by atoms with E-state index in [4.69, 9.17) is 9.47 Å². The van der Waals surface area contributed by atoms with Gasteiger partial charge in [0.25, 0.3) is 11.5 Å². The van der Waals surface area contributed by atoms with E-state index >= 15 is 0 Å². The highest BCUT2D eigenvalue weighted by atomic mass is 32.1. The van der Waals surface area contributed by atoms with Gasteiger partial charge in [0.15, 0.2) is 5.79 Å². The van der Waals surface area contributed by atoms with Crippen molar-refractivity contribution in [3.63, 3.8) is 0 Å². The van der Waals surface area contributed by atoms with E-state index in [0.29, 0.717) is 56.0 Å². The number of nitrogens with zero attached hydrogens (tertiary/aromatic N) is 2. The number of ether oxygens (including phenoxy) is 2. The van der Waals surface area contributed by atoms with Crippen LogP contribution in [0.25, 0.3) is 21.0 Å². The summed E-state index contributed by atoms with van der Waals surface area (Å²) in [6.45, 7) is 5.03. The van der Waals surface area contributed by atoms with E-state index in [-0.39, 0.29) is 11.5 Å². The Morgan fingerprint density at radius 1 is 1.14 bits per heavy atom. The van der Waals surface area contributed by atoms with Crippen molar-refractivity contribution in [2.75, 3.05) is 26.3 Å². The first-order valence-corrected chi connectivity index (χ1v) is 10.6. The minimum atomic E-state index is -0.498. The molecule has 0 saturated carbocycles. The molecule has 2 aromatic heterocycles. The van der Waals surface area contributed by atoms with E-state index in [2.05, 4.69) is 0 Å². The summed E-state index contributed by atoms with van der Waals surface area (Å²) >= 11 is 1.42. The Kier molecular flexibility index (Phi) is 4.26. The third-order valence-electron chi connectivity index (χ3n) is 5.80. The lowest BCUT2D eigenvalue weighted by atomic mass is 10.0. The quantitative estimate of drug-likeness (QED) is 0.665. The Bertz CT molecular complexity index is 1120. The zero-order valence-corrected chi connectivity index (χ0v) is 16.6. The molecule has 146 valence electrons. The molecular formula is C21H22N2O4S. The summed E-state index contributed by atoms with van der Waals surface area (Å²) in [5.74, 6) is -0.511. The molecule has 28 heavy (non-hydrogen) atoms. The second-order valence-corrected chi connectivity index (χ2v) is 8.37. The van der Waals surface area contributed by atoms with Crippen molar-refractivity contribution in [2.45, 2.75) is 32.1 Å². The van der Waals surface area contributed by atoms with Gasteiger partial charge in [0.2, 0.25) is 0 Å². The number of carbonyl (C=O) groups is 1. The van der Waals surface area contributed by atoms with Crippen molar-refractivity contribution >= 4 is 38.2 Å². The van der Waals surface area contributed by atoms with Gasteiger partial charge in [-0.25, -0.2) is 0 Å². The standard InChI is InChI=1S/C21H22N2O4S/c1-2-23-16-6-4-3-5-14(16)18-15(19(23)24)13-17(28-18)20(25)22-9-7-21(8-10-22)26-11-12-27-21/h3-6,13H,2,7-12H2,1H3. The molecule has 0 atom stereocenters. The van der Waals surface area contributed by atoms with Crippen molar-refractivity contribution < 1.29 is 14.3 Å². The number of pyridine rings is 1. The lowest BCUT2D eigenvalue weighted by Gasteiger charge is -2.37. The molecule has 7 heteroatoms. The molecule has 0 N–H and O–H groups in total. The number of thiophene rings is 1. The summed E-state index contributed by atoms with van der Waals surface area (Å²) in [5, 5.41) is 1.65. The lowest BCUT2D eigenvalue weighted by Crippen LogP contribution is -2.47. The topological polar surface area (TPSA) is 60.8 Å². The van der Waals surface area contributed by atoms with E-state index in [1.807, 2.05) is 36.1 Å². The predicted octanol–water partition coefficient (Wildman–Crippen LogP) is 3.22. The van der Waals surface area contributed by atoms with Crippen molar-refractivity contribution in [3.05, 3.63) is 45.6 Å². The second kappa shape index (κ2) is 6.69. The molecule has 2 saturated heterocycles. The molecule has 1 amide bonds. The maximum absolute atomic E-state index is 13.1. The van der Waals surface area contributed by atoms with Crippen LogP contribution in [0.2, 0.25) is 0 Å². The van der Waals surface area contributed by atoms with Gasteiger partial charge in [0, 0.05) is 42.6 Å². The predicted molar refractivity (Wildman–Crippen MR) is 109 cm³/mol. The minimum Gasteiger partial charge on any atom is -0.347 e. The van der Waals surface area contributed by atoms with Crippen molar-refractivity contribution in [2.24, 2.45) is 0 Å². The van der Waals surface area contributed by atoms with Gasteiger partial charge in [0.1, 0.15) is 0 Å². The maximum atomic E-state index is 13.1. The average molecular weight is 398 g/mol. The highest BCUT2D eigenvalue weighted by molar-refractivity contribution is 7.21. The molecule has 0 bridgehead atoms. The van der Waals surface area contributed by atoms with Gasteiger partial charge in [-0.15, -0.1) is 11.3 Å². The Labute approximate surface area is 166 Å². The zero-order chi connectivity index (χ0) is 19.3. The van der Waals surface area contributed by atoms with Crippen molar-refractivity contribution in [1.29, 1.82) is 0 Å². The zero-order valence-electron chi connectivity index (χ0n) is 15.8. The number of likely N-dealkylation sites (tertiary alicyclic amines) is 1. The fourth-order valence-electron chi connectivity index (χ4n) is 4.32. The van der Waals surface area contributed by atoms with Gasteiger partial charge in [-0.1, -0.05) is 18.2 Å². The maximum Gasteiger partial charge on any atom is 0.263 e. The monoisotopic (exact) mass is 398 g/mol. The van der Waals surface area contributed by atoms with Gasteiger partial charge in [0.05, 0.1) is 29.0 Å². The normalized spacial score (nSPS) is 19.1. The van der Waals surface area contributed by atoms with Gasteiger partial charge >= 0.3 is 0 Å². The van der Waals surface area contributed by atoms with E-state index in [0.717, 1.165) is 15.6 Å². The Balaban J connectivity index is 1.52. The van der Waals surface area contributed by atoms with Gasteiger partial charge in [-0.3, -0.25) is 9.59 Å². The Morgan fingerprint density at radius 3 is 2.57 bits per heavy atom. The number of carbonyl (C=O) groups excluding carboxylic acids is 1. The fourth-order valence-corrected chi connectivity index (χ4v) is 5.47. The summed E-state index contributed by atoms with van der Waals surface area (Å²) in [6, 6.07) is 9.67. The number of benzene rings is 1. The molecule has 2 aliphatic rings. The molecule has 2 fully saturated rings. The number of hydrogen-bond donors (Lipinski definition) is 0. The van der Waals surface area contributed by atoms with Crippen LogP contribution in [0.15, 0.2) is 35.1 Å². The van der Waals surface area contributed by atoms with E-state index in [1.165, 1.54) is 11.3 Å². The molecule has 1 aromatic carbocycles.